The second-order valence-corrected chi connectivity index (χ2v) is 22.5. The van der Waals surface area contributed by atoms with Gasteiger partial charge in [-0.05, 0) is 120 Å². The van der Waals surface area contributed by atoms with Crippen molar-refractivity contribution in [2.45, 2.75) is 105 Å². The maximum absolute atomic E-state index is 12.5. The number of benzene rings is 6. The summed E-state index contributed by atoms with van der Waals surface area (Å²) in [6, 6.07) is 54.0. The Morgan fingerprint density at radius 3 is 1.57 bits per heavy atom. The molecule has 0 aliphatic heterocycles. The molecule has 0 saturated carbocycles. The predicted molar refractivity (Wildman–Crippen MR) is 286 cm³/mol. The molecule has 0 unspecified atom stereocenters. The number of aromatic hydroxyl groups is 1. The van der Waals surface area contributed by atoms with Gasteiger partial charge in [0.25, 0.3) is 0 Å². The zero-order chi connectivity index (χ0) is 48.3. The van der Waals surface area contributed by atoms with Gasteiger partial charge >= 0.3 is 0 Å². The number of nitrogens with zero attached hydrogens (tertiary/aromatic N) is 4. The van der Waals surface area contributed by atoms with Crippen LogP contribution in [0.25, 0.3) is 84.0 Å². The number of aromatic nitrogens is 4. The molecule has 0 aliphatic rings. The second-order valence-electron chi connectivity index (χ2n) is 22.5. The topological polar surface area (TPSA) is 63.8 Å². The number of rotatable bonds is 7. The molecule has 0 spiro atoms. The number of fused-ring (bicyclic) bond motifs is 1. The molecule has 68 heavy (non-hydrogen) atoms. The summed E-state index contributed by atoms with van der Waals surface area (Å²) in [5, 5.41) is 12.5. The Morgan fingerprint density at radius 1 is 0.397 bits per heavy atom. The Balaban J connectivity index is 1.38. The molecule has 0 aliphatic carbocycles. The van der Waals surface area contributed by atoms with Crippen molar-refractivity contribution < 1.29 is 5.11 Å². The Labute approximate surface area is 403 Å². The van der Waals surface area contributed by atoms with Crippen LogP contribution in [0.1, 0.15) is 105 Å². The summed E-state index contributed by atoms with van der Waals surface area (Å²) in [7, 11) is 0. The summed E-state index contributed by atoms with van der Waals surface area (Å²) in [6.45, 7) is 26.9. The first kappa shape index (κ1) is 46.0. The molecule has 9 rings (SSSR count). The third-order valence-corrected chi connectivity index (χ3v) is 13.2. The fourth-order valence-electron chi connectivity index (χ4n) is 9.11. The predicted octanol–water partition coefficient (Wildman–Crippen LogP) is 16.7. The summed E-state index contributed by atoms with van der Waals surface area (Å²) in [6.07, 6.45) is 3.81. The molecule has 0 fully saturated rings. The molecule has 0 saturated heterocycles. The number of pyridine rings is 2. The smallest absolute Gasteiger partial charge is 0.165 e. The number of phenolic OH excluding ortho intramolecular Hbond substituents is 1. The first-order chi connectivity index (χ1) is 32.1. The third-order valence-electron chi connectivity index (χ3n) is 13.2. The SMILES string of the molecule is CC(C)(C)c1cc(-c2cc(-c3cc(-c4ccccc4)ccn3)cc(-c3ccnc4c3nc(-c3cc(C(C)(C)C)cc(C(C)(C)C)c3O)n4-c3ccccc3-c3ccccc3)c2)cc(C(C)(C)C)c1. The summed E-state index contributed by atoms with van der Waals surface area (Å²) < 4.78 is 2.16. The first-order valence-electron chi connectivity index (χ1n) is 23.9. The molecular formula is C63H64N4O. The molecule has 0 radical (unpaired) electrons. The summed E-state index contributed by atoms with van der Waals surface area (Å²) in [5.41, 5.74) is 17.3. The number of phenols is 1. The van der Waals surface area contributed by atoms with Crippen LogP contribution in [-0.4, -0.2) is 24.6 Å². The fourth-order valence-corrected chi connectivity index (χ4v) is 9.11. The molecule has 1 N–H and O–H groups in total. The van der Waals surface area contributed by atoms with Crippen molar-refractivity contribution in [2.24, 2.45) is 0 Å². The highest BCUT2D eigenvalue weighted by molar-refractivity contribution is 5.97. The minimum Gasteiger partial charge on any atom is -0.507 e. The fraction of sp³-hybridized carbons (Fsp3) is 0.254. The van der Waals surface area contributed by atoms with Gasteiger partial charge in [-0.3, -0.25) is 9.55 Å². The monoisotopic (exact) mass is 893 g/mol. The van der Waals surface area contributed by atoms with E-state index >= 15 is 0 Å². The van der Waals surface area contributed by atoms with E-state index in [1.807, 2.05) is 24.5 Å². The summed E-state index contributed by atoms with van der Waals surface area (Å²) >= 11 is 0. The molecule has 0 atom stereocenters. The van der Waals surface area contributed by atoms with Crippen LogP contribution in [-0.2, 0) is 21.7 Å². The molecule has 3 aromatic heterocycles. The highest BCUT2D eigenvalue weighted by Gasteiger charge is 2.30. The van der Waals surface area contributed by atoms with Gasteiger partial charge in [0, 0.05) is 34.6 Å². The molecule has 6 aromatic carbocycles. The van der Waals surface area contributed by atoms with Crippen LogP contribution in [0, 0.1) is 0 Å². The Kier molecular flexibility index (Phi) is 11.6. The number of hydrogen-bond donors (Lipinski definition) is 1. The molecule has 3 heterocycles. The van der Waals surface area contributed by atoms with Gasteiger partial charge in [0.15, 0.2) is 11.5 Å². The molecule has 342 valence electrons. The lowest BCUT2D eigenvalue weighted by molar-refractivity contribution is 0.446. The minimum absolute atomic E-state index is 0.0682. The molecule has 0 amide bonds. The van der Waals surface area contributed by atoms with Gasteiger partial charge in [0.05, 0.1) is 16.9 Å². The van der Waals surface area contributed by atoms with Gasteiger partial charge in [-0.1, -0.05) is 186 Å². The molecule has 5 heteroatoms. The van der Waals surface area contributed by atoms with E-state index in [-0.39, 0.29) is 27.4 Å². The lowest BCUT2D eigenvalue weighted by Gasteiger charge is -2.27. The third kappa shape index (κ3) is 9.02. The van der Waals surface area contributed by atoms with Gasteiger partial charge in [0.2, 0.25) is 0 Å². The first-order valence-corrected chi connectivity index (χ1v) is 23.9. The van der Waals surface area contributed by atoms with Crippen LogP contribution < -0.4 is 0 Å². The highest BCUT2D eigenvalue weighted by atomic mass is 16.3. The van der Waals surface area contributed by atoms with Crippen LogP contribution in [0.2, 0.25) is 0 Å². The van der Waals surface area contributed by atoms with Crippen LogP contribution in [0.4, 0.5) is 0 Å². The average molecular weight is 893 g/mol. The van der Waals surface area contributed by atoms with Crippen molar-refractivity contribution in [1.29, 1.82) is 0 Å². The van der Waals surface area contributed by atoms with Crippen molar-refractivity contribution in [1.82, 2.24) is 19.5 Å². The largest absolute Gasteiger partial charge is 0.507 e. The maximum atomic E-state index is 12.5. The van der Waals surface area contributed by atoms with Crippen LogP contribution in [0.3, 0.4) is 0 Å². The molecule has 5 nitrogen and oxygen atoms in total. The standard InChI is InChI=1S/C63H64N4O/c1-60(2,3)47-34-44(35-48(37-47)61(4,5)6)43-31-45(33-46(32-43)54-36-42(27-29-64-54)40-21-15-13-16-22-40)51-28-30-65-59-56(51)66-58(52-38-49(62(7,8)9)39-53(57(52)68)63(10,11)12)67(59)55-26-20-19-25-50(55)41-23-17-14-18-24-41/h13-39,68H,1-12H3. The van der Waals surface area contributed by atoms with E-state index < -0.39 is 0 Å². The van der Waals surface area contributed by atoms with Gasteiger partial charge in [-0.25, -0.2) is 9.97 Å². The molecule has 9 aromatic rings. The molecular weight excluding hydrogens is 829 g/mol. The van der Waals surface area contributed by atoms with E-state index in [0.29, 0.717) is 17.0 Å². The lowest BCUT2D eigenvalue weighted by Crippen LogP contribution is -2.17. The Bertz CT molecular complexity index is 3280. The second kappa shape index (κ2) is 17.2. The number of hydrogen-bond acceptors (Lipinski definition) is 4. The van der Waals surface area contributed by atoms with E-state index in [2.05, 4.69) is 227 Å². The summed E-state index contributed by atoms with van der Waals surface area (Å²) in [4.78, 5) is 15.9. The van der Waals surface area contributed by atoms with Gasteiger partial charge < -0.3 is 5.11 Å². The van der Waals surface area contributed by atoms with Crippen molar-refractivity contribution in [3.05, 3.63) is 186 Å². The van der Waals surface area contributed by atoms with E-state index in [9.17, 15) is 5.11 Å². The zero-order valence-corrected chi connectivity index (χ0v) is 41.8. The average Bonchev–Trinajstić information content (AvgIpc) is 3.70. The summed E-state index contributed by atoms with van der Waals surface area (Å²) in [5.74, 6) is 0.849. The number of para-hydroxylation sites is 1. The molecule has 0 bridgehead atoms. The lowest BCUT2D eigenvalue weighted by atomic mass is 9.78. The maximum Gasteiger partial charge on any atom is 0.165 e. The Hall–Kier alpha value is -7.11. The van der Waals surface area contributed by atoms with Crippen LogP contribution in [0.15, 0.2) is 164 Å². The van der Waals surface area contributed by atoms with Gasteiger partial charge in [0.1, 0.15) is 11.3 Å². The van der Waals surface area contributed by atoms with Crippen molar-refractivity contribution in [2.75, 3.05) is 0 Å². The van der Waals surface area contributed by atoms with E-state index in [1.165, 1.54) is 11.1 Å². The van der Waals surface area contributed by atoms with E-state index in [1.54, 1.807) is 0 Å². The van der Waals surface area contributed by atoms with Crippen LogP contribution in [0.5, 0.6) is 5.75 Å². The van der Waals surface area contributed by atoms with Crippen molar-refractivity contribution in [3.8, 4) is 78.6 Å². The number of imidazole rings is 1. The van der Waals surface area contributed by atoms with E-state index in [0.717, 1.165) is 78.1 Å². The van der Waals surface area contributed by atoms with Gasteiger partial charge in [-0.15, -0.1) is 0 Å². The Morgan fingerprint density at radius 2 is 0.941 bits per heavy atom. The zero-order valence-electron chi connectivity index (χ0n) is 41.8. The van der Waals surface area contributed by atoms with Crippen LogP contribution >= 0.6 is 0 Å². The van der Waals surface area contributed by atoms with Gasteiger partial charge in [-0.2, -0.15) is 0 Å². The van der Waals surface area contributed by atoms with E-state index in [4.69, 9.17) is 15.0 Å². The highest BCUT2D eigenvalue weighted by Crippen LogP contribution is 2.46. The normalized spacial score (nSPS) is 12.5. The van der Waals surface area contributed by atoms with Crippen molar-refractivity contribution in [3.63, 3.8) is 0 Å². The quantitative estimate of drug-likeness (QED) is 0.173. The van der Waals surface area contributed by atoms with Crippen molar-refractivity contribution >= 4 is 11.2 Å². The minimum atomic E-state index is -0.345.